The van der Waals surface area contributed by atoms with Gasteiger partial charge in [-0.3, -0.25) is 10.5 Å². The van der Waals surface area contributed by atoms with Crippen LogP contribution in [0.4, 0.5) is 0 Å². The molecule has 17 heavy (non-hydrogen) atoms. The summed E-state index contributed by atoms with van der Waals surface area (Å²) >= 11 is 3.47. The first kappa shape index (κ1) is 12.3. The van der Waals surface area contributed by atoms with E-state index in [2.05, 4.69) is 39.4 Å². The van der Waals surface area contributed by atoms with Gasteiger partial charge in [0.05, 0.1) is 11.7 Å². The Morgan fingerprint density at radius 1 is 1.47 bits per heavy atom. The fraction of sp³-hybridized carbons (Fsp3) is 0.250. The van der Waals surface area contributed by atoms with Crippen molar-refractivity contribution in [2.24, 2.45) is 5.84 Å². The molecular weight excluding hydrogens is 280 g/mol. The second-order valence-corrected chi connectivity index (χ2v) is 4.64. The van der Waals surface area contributed by atoms with Crippen molar-refractivity contribution in [2.75, 3.05) is 0 Å². The molecule has 0 bridgehead atoms. The first-order valence-corrected chi connectivity index (χ1v) is 6.29. The molecule has 0 amide bonds. The summed E-state index contributed by atoms with van der Waals surface area (Å²) < 4.78 is 2.98. The Morgan fingerprint density at radius 2 is 2.29 bits per heavy atom. The van der Waals surface area contributed by atoms with Crippen LogP contribution in [0.25, 0.3) is 0 Å². The van der Waals surface area contributed by atoms with E-state index in [9.17, 15) is 0 Å². The van der Waals surface area contributed by atoms with Crippen molar-refractivity contribution < 1.29 is 0 Å². The van der Waals surface area contributed by atoms with Crippen LogP contribution in [0.5, 0.6) is 0 Å². The lowest BCUT2D eigenvalue weighted by Gasteiger charge is -2.17. The number of nitrogens with two attached hydrogens (primary N) is 1. The number of hydrogen-bond donors (Lipinski definition) is 2. The van der Waals surface area contributed by atoms with Gasteiger partial charge in [0.2, 0.25) is 0 Å². The third kappa shape index (κ3) is 2.57. The molecule has 3 N–H and O–H groups in total. The number of nitrogens with one attached hydrogen (secondary N) is 1. The smallest absolute Gasteiger partial charge is 0.0878 e. The van der Waals surface area contributed by atoms with Gasteiger partial charge < -0.3 is 0 Å². The van der Waals surface area contributed by atoms with Gasteiger partial charge >= 0.3 is 0 Å². The summed E-state index contributed by atoms with van der Waals surface area (Å²) in [5, 5.41) is 4.26. The molecule has 1 aromatic carbocycles. The van der Waals surface area contributed by atoms with E-state index in [4.69, 9.17) is 5.84 Å². The molecule has 1 aromatic heterocycles. The molecule has 1 unspecified atom stereocenters. The Labute approximate surface area is 109 Å². The molecule has 0 aliphatic heterocycles. The van der Waals surface area contributed by atoms with Crippen molar-refractivity contribution in [3.63, 3.8) is 0 Å². The largest absolute Gasteiger partial charge is 0.271 e. The van der Waals surface area contributed by atoms with Gasteiger partial charge in [-0.15, -0.1) is 0 Å². The molecule has 0 aliphatic carbocycles. The lowest BCUT2D eigenvalue weighted by molar-refractivity contribution is 0.543. The lowest BCUT2D eigenvalue weighted by Crippen LogP contribution is -2.30. The Morgan fingerprint density at radius 3 is 2.94 bits per heavy atom. The van der Waals surface area contributed by atoms with Crippen LogP contribution in [0, 0.1) is 0 Å². The number of hydrogen-bond acceptors (Lipinski definition) is 3. The third-order valence-corrected chi connectivity index (χ3v) is 3.19. The van der Waals surface area contributed by atoms with Crippen LogP contribution in [0.3, 0.4) is 0 Å². The molecule has 2 rings (SSSR count). The molecule has 4 nitrogen and oxygen atoms in total. The average molecular weight is 295 g/mol. The minimum absolute atomic E-state index is 0.0463. The first-order chi connectivity index (χ1) is 8.26. The minimum Gasteiger partial charge on any atom is -0.271 e. The molecular formula is C12H15BrN4. The Balaban J connectivity index is 2.40. The number of aryl methyl sites for hydroxylation is 1. The lowest BCUT2D eigenvalue weighted by atomic mass is 10.0. The van der Waals surface area contributed by atoms with Crippen LogP contribution in [0.2, 0.25) is 0 Å². The van der Waals surface area contributed by atoms with Gasteiger partial charge in [-0.2, -0.15) is 5.10 Å². The second kappa shape index (κ2) is 5.44. The van der Waals surface area contributed by atoms with E-state index in [1.807, 2.05) is 28.9 Å². The van der Waals surface area contributed by atoms with Gasteiger partial charge in [0.25, 0.3) is 0 Å². The van der Waals surface area contributed by atoms with E-state index in [0.717, 1.165) is 22.3 Å². The Bertz CT molecular complexity index is 495. The number of rotatable bonds is 4. The van der Waals surface area contributed by atoms with Crippen LogP contribution in [0.15, 0.2) is 41.0 Å². The number of halogens is 1. The molecule has 0 spiro atoms. The molecule has 1 heterocycles. The zero-order valence-electron chi connectivity index (χ0n) is 9.60. The highest BCUT2D eigenvalue weighted by molar-refractivity contribution is 9.10. The summed E-state index contributed by atoms with van der Waals surface area (Å²) in [5.74, 6) is 5.66. The van der Waals surface area contributed by atoms with Gasteiger partial charge in [-0.25, -0.2) is 5.43 Å². The number of nitrogens with zero attached hydrogens (tertiary/aromatic N) is 2. The zero-order valence-corrected chi connectivity index (χ0v) is 11.2. The summed E-state index contributed by atoms with van der Waals surface area (Å²) in [6, 6.07) is 10.0. The topological polar surface area (TPSA) is 55.9 Å². The fourth-order valence-corrected chi connectivity index (χ4v) is 2.31. The van der Waals surface area contributed by atoms with Gasteiger partial charge in [0.15, 0.2) is 0 Å². The highest BCUT2D eigenvalue weighted by atomic mass is 79.9. The predicted octanol–water partition coefficient (Wildman–Crippen LogP) is 2.22. The summed E-state index contributed by atoms with van der Waals surface area (Å²) in [6.07, 6.45) is 1.79. The minimum atomic E-state index is -0.0463. The van der Waals surface area contributed by atoms with E-state index in [1.54, 1.807) is 6.20 Å². The zero-order chi connectivity index (χ0) is 12.3. The maximum Gasteiger partial charge on any atom is 0.0878 e. The standard InChI is InChI=1S/C12H15BrN4/c1-2-17-11(6-7-15-17)12(16-14)9-4-3-5-10(13)8-9/h3-8,12,16H,2,14H2,1H3. The van der Waals surface area contributed by atoms with E-state index < -0.39 is 0 Å². The average Bonchev–Trinajstić information content (AvgIpc) is 2.78. The van der Waals surface area contributed by atoms with Crippen LogP contribution >= 0.6 is 15.9 Å². The third-order valence-electron chi connectivity index (χ3n) is 2.69. The van der Waals surface area contributed by atoms with E-state index >= 15 is 0 Å². The van der Waals surface area contributed by atoms with Crippen molar-refractivity contribution in [1.82, 2.24) is 15.2 Å². The van der Waals surface area contributed by atoms with E-state index in [-0.39, 0.29) is 6.04 Å². The second-order valence-electron chi connectivity index (χ2n) is 3.73. The molecule has 0 fully saturated rings. The fourth-order valence-electron chi connectivity index (χ4n) is 1.89. The quantitative estimate of drug-likeness (QED) is 0.671. The van der Waals surface area contributed by atoms with Gasteiger partial charge in [0, 0.05) is 17.2 Å². The van der Waals surface area contributed by atoms with E-state index in [1.165, 1.54) is 0 Å². The molecule has 1 atom stereocenters. The Hall–Kier alpha value is -1.17. The van der Waals surface area contributed by atoms with Crippen molar-refractivity contribution >= 4 is 15.9 Å². The van der Waals surface area contributed by atoms with Crippen LogP contribution in [0.1, 0.15) is 24.2 Å². The van der Waals surface area contributed by atoms with Crippen molar-refractivity contribution in [2.45, 2.75) is 19.5 Å². The highest BCUT2D eigenvalue weighted by Crippen LogP contribution is 2.23. The van der Waals surface area contributed by atoms with Crippen LogP contribution < -0.4 is 11.3 Å². The first-order valence-electron chi connectivity index (χ1n) is 5.49. The number of benzene rings is 1. The monoisotopic (exact) mass is 294 g/mol. The summed E-state index contributed by atoms with van der Waals surface area (Å²) in [5.41, 5.74) is 5.01. The maximum atomic E-state index is 5.66. The molecule has 0 saturated heterocycles. The van der Waals surface area contributed by atoms with Crippen molar-refractivity contribution in [1.29, 1.82) is 0 Å². The molecule has 0 aliphatic rings. The Kier molecular flexibility index (Phi) is 3.93. The highest BCUT2D eigenvalue weighted by Gasteiger charge is 2.16. The van der Waals surface area contributed by atoms with Crippen LogP contribution in [-0.2, 0) is 6.54 Å². The summed E-state index contributed by atoms with van der Waals surface area (Å²) in [6.45, 7) is 2.89. The van der Waals surface area contributed by atoms with E-state index in [0.29, 0.717) is 0 Å². The molecule has 90 valence electrons. The molecule has 5 heteroatoms. The SMILES string of the molecule is CCn1nccc1C(NN)c1cccc(Br)c1. The number of hydrazine groups is 1. The normalized spacial score (nSPS) is 12.6. The number of aromatic nitrogens is 2. The maximum absolute atomic E-state index is 5.66. The van der Waals surface area contributed by atoms with Gasteiger partial charge in [-0.05, 0) is 30.7 Å². The summed E-state index contributed by atoms with van der Waals surface area (Å²) in [4.78, 5) is 0. The van der Waals surface area contributed by atoms with Crippen molar-refractivity contribution in [3.8, 4) is 0 Å². The van der Waals surface area contributed by atoms with Crippen LogP contribution in [-0.4, -0.2) is 9.78 Å². The molecule has 0 saturated carbocycles. The predicted molar refractivity (Wildman–Crippen MR) is 71.2 cm³/mol. The van der Waals surface area contributed by atoms with Crippen molar-refractivity contribution in [3.05, 3.63) is 52.3 Å². The van der Waals surface area contributed by atoms with Gasteiger partial charge in [0.1, 0.15) is 0 Å². The molecule has 2 aromatic rings. The summed E-state index contributed by atoms with van der Waals surface area (Å²) in [7, 11) is 0. The van der Waals surface area contributed by atoms with Gasteiger partial charge in [-0.1, -0.05) is 28.1 Å². The molecule has 0 radical (unpaired) electrons.